The molecule has 1 N–H and O–H groups in total. The average molecular weight is 239 g/mol. The molecular weight excluding hydrogens is 218 g/mol. The van der Waals surface area contributed by atoms with Gasteiger partial charge in [-0.05, 0) is 32.9 Å². The Labute approximate surface area is 102 Å². The zero-order chi connectivity index (χ0) is 12.5. The smallest absolute Gasteiger partial charge is 0.129 e. The van der Waals surface area contributed by atoms with Crippen LogP contribution in [0, 0.1) is 0 Å². The lowest BCUT2D eigenvalue weighted by molar-refractivity contribution is -0.131. The van der Waals surface area contributed by atoms with E-state index in [1.165, 1.54) is 0 Å². The molecule has 1 fully saturated rings. The topological polar surface area (TPSA) is 45.8 Å². The third-order valence-corrected chi connectivity index (χ3v) is 2.89. The zero-order valence-electron chi connectivity index (χ0n) is 10.8. The van der Waals surface area contributed by atoms with Gasteiger partial charge in [0.05, 0.1) is 18.2 Å². The molecule has 0 bridgehead atoms. The Kier molecular flexibility index (Phi) is 3.56. The Morgan fingerprint density at radius 3 is 2.71 bits per heavy atom. The Balaban J connectivity index is 1.98. The molecule has 0 aromatic carbocycles. The van der Waals surface area contributed by atoms with Crippen LogP contribution in [0.25, 0.3) is 0 Å². The molecule has 0 aliphatic carbocycles. The van der Waals surface area contributed by atoms with Crippen molar-refractivity contribution in [3.63, 3.8) is 0 Å². The van der Waals surface area contributed by atoms with Crippen LogP contribution in [0.4, 0.5) is 0 Å². The Hall–Kier alpha value is -0.840. The second kappa shape index (κ2) is 4.80. The van der Waals surface area contributed by atoms with Gasteiger partial charge in [0.1, 0.15) is 18.1 Å². The minimum atomic E-state index is -0.107. The van der Waals surface area contributed by atoms with Gasteiger partial charge in [-0.1, -0.05) is 0 Å². The first-order valence-corrected chi connectivity index (χ1v) is 6.07. The number of aliphatic hydroxyl groups excluding tert-OH is 1. The van der Waals surface area contributed by atoms with Crippen LogP contribution in [-0.4, -0.2) is 34.8 Å². The van der Waals surface area contributed by atoms with Crippen LogP contribution in [0.15, 0.2) is 16.5 Å². The molecule has 96 valence electrons. The predicted octanol–water partition coefficient (Wildman–Crippen LogP) is 1.77. The summed E-state index contributed by atoms with van der Waals surface area (Å²) in [5, 5.41) is 8.95. The Morgan fingerprint density at radius 1 is 1.41 bits per heavy atom. The van der Waals surface area contributed by atoms with E-state index in [9.17, 15) is 0 Å². The molecule has 0 spiro atoms. The van der Waals surface area contributed by atoms with Crippen LogP contribution in [0.3, 0.4) is 0 Å². The highest BCUT2D eigenvalue weighted by Crippen LogP contribution is 2.22. The molecule has 1 aromatic heterocycles. The van der Waals surface area contributed by atoms with Crippen molar-refractivity contribution in [1.29, 1.82) is 0 Å². The van der Waals surface area contributed by atoms with Crippen LogP contribution in [-0.2, 0) is 17.9 Å². The van der Waals surface area contributed by atoms with Gasteiger partial charge in [0.2, 0.25) is 0 Å². The van der Waals surface area contributed by atoms with Crippen LogP contribution in [0.1, 0.15) is 32.3 Å². The van der Waals surface area contributed by atoms with Crippen molar-refractivity contribution < 1.29 is 14.3 Å². The van der Waals surface area contributed by atoms with E-state index in [0.717, 1.165) is 25.4 Å². The van der Waals surface area contributed by atoms with Gasteiger partial charge in [0.25, 0.3) is 0 Å². The lowest BCUT2D eigenvalue weighted by atomic mass is 10.1. The van der Waals surface area contributed by atoms with Crippen molar-refractivity contribution in [3.05, 3.63) is 23.7 Å². The third-order valence-electron chi connectivity index (χ3n) is 2.89. The lowest BCUT2D eigenvalue weighted by Crippen LogP contribution is -2.51. The van der Waals surface area contributed by atoms with Crippen molar-refractivity contribution >= 4 is 0 Å². The summed E-state index contributed by atoms with van der Waals surface area (Å²) in [6.07, 6.45) is 0.242. The van der Waals surface area contributed by atoms with Gasteiger partial charge in [-0.25, -0.2) is 0 Å². The van der Waals surface area contributed by atoms with Gasteiger partial charge < -0.3 is 14.3 Å². The average Bonchev–Trinajstić information content (AvgIpc) is 2.62. The second-order valence-corrected chi connectivity index (χ2v) is 5.38. The molecule has 4 heteroatoms. The molecule has 2 heterocycles. The fourth-order valence-electron chi connectivity index (χ4n) is 2.52. The van der Waals surface area contributed by atoms with Crippen LogP contribution >= 0.6 is 0 Å². The minimum Gasteiger partial charge on any atom is -0.462 e. The molecule has 2 rings (SSSR count). The van der Waals surface area contributed by atoms with Gasteiger partial charge in [-0.3, -0.25) is 4.90 Å². The fourth-order valence-corrected chi connectivity index (χ4v) is 2.52. The summed E-state index contributed by atoms with van der Waals surface area (Å²) in [5.74, 6) is 1.53. The van der Waals surface area contributed by atoms with Crippen molar-refractivity contribution in [1.82, 2.24) is 4.90 Å². The molecule has 0 amide bonds. The normalized spacial score (nSPS) is 25.1. The molecule has 17 heavy (non-hydrogen) atoms. The number of morpholine rings is 1. The van der Waals surface area contributed by atoms with E-state index < -0.39 is 0 Å². The SMILES string of the molecule is CC1CN(Cc2ccc(CO)o2)CC(C)(C)O1. The number of nitrogens with zero attached hydrogens (tertiary/aromatic N) is 1. The highest BCUT2D eigenvalue weighted by molar-refractivity contribution is 5.06. The summed E-state index contributed by atoms with van der Waals surface area (Å²) in [6.45, 7) is 8.86. The first-order chi connectivity index (χ1) is 7.98. The molecule has 0 saturated carbocycles. The number of rotatable bonds is 3. The largest absolute Gasteiger partial charge is 0.462 e. The van der Waals surface area contributed by atoms with Crippen LogP contribution in [0.5, 0.6) is 0 Å². The first-order valence-electron chi connectivity index (χ1n) is 6.07. The summed E-state index contributed by atoms with van der Waals surface area (Å²) >= 11 is 0. The third kappa shape index (κ3) is 3.31. The number of hydrogen-bond acceptors (Lipinski definition) is 4. The maximum atomic E-state index is 8.95. The molecule has 0 radical (unpaired) electrons. The first kappa shape index (κ1) is 12.6. The van der Waals surface area contributed by atoms with Gasteiger partial charge in [0.15, 0.2) is 0 Å². The summed E-state index contributed by atoms with van der Waals surface area (Å²) in [5.41, 5.74) is -0.107. The fraction of sp³-hybridized carbons (Fsp3) is 0.692. The quantitative estimate of drug-likeness (QED) is 0.873. The molecule has 4 nitrogen and oxygen atoms in total. The standard InChI is InChI=1S/C13H21NO3/c1-10-6-14(9-13(2,3)17-10)7-11-4-5-12(8-15)16-11/h4-5,10,15H,6-9H2,1-3H3. The van der Waals surface area contributed by atoms with Gasteiger partial charge in [-0.2, -0.15) is 0 Å². The van der Waals surface area contributed by atoms with Gasteiger partial charge in [-0.15, -0.1) is 0 Å². The van der Waals surface area contributed by atoms with Crippen molar-refractivity contribution in [2.75, 3.05) is 13.1 Å². The molecule has 1 aliphatic heterocycles. The van der Waals surface area contributed by atoms with Crippen molar-refractivity contribution in [2.24, 2.45) is 0 Å². The monoisotopic (exact) mass is 239 g/mol. The van der Waals surface area contributed by atoms with Gasteiger partial charge >= 0.3 is 0 Å². The summed E-state index contributed by atoms with van der Waals surface area (Å²) in [6, 6.07) is 3.75. The van der Waals surface area contributed by atoms with E-state index in [1.54, 1.807) is 0 Å². The molecular formula is C13H21NO3. The maximum Gasteiger partial charge on any atom is 0.129 e. The Bertz CT molecular complexity index is 372. The highest BCUT2D eigenvalue weighted by atomic mass is 16.5. The maximum absolute atomic E-state index is 8.95. The number of furan rings is 1. The summed E-state index contributed by atoms with van der Waals surface area (Å²) in [4.78, 5) is 2.33. The molecule has 1 aliphatic rings. The van der Waals surface area contributed by atoms with E-state index in [1.807, 2.05) is 12.1 Å². The number of ether oxygens (including phenoxy) is 1. The van der Waals surface area contributed by atoms with Gasteiger partial charge in [0, 0.05) is 13.1 Å². The van der Waals surface area contributed by atoms with E-state index in [0.29, 0.717) is 5.76 Å². The predicted molar refractivity (Wildman–Crippen MR) is 64.5 cm³/mol. The lowest BCUT2D eigenvalue weighted by Gasteiger charge is -2.41. The molecule has 1 atom stereocenters. The van der Waals surface area contributed by atoms with E-state index in [2.05, 4.69) is 25.7 Å². The van der Waals surface area contributed by atoms with E-state index in [4.69, 9.17) is 14.3 Å². The number of aliphatic hydroxyl groups is 1. The minimum absolute atomic E-state index is 0.0367. The van der Waals surface area contributed by atoms with Crippen LogP contribution in [0.2, 0.25) is 0 Å². The number of hydrogen-bond donors (Lipinski definition) is 1. The summed E-state index contributed by atoms with van der Waals surface area (Å²) < 4.78 is 11.4. The zero-order valence-corrected chi connectivity index (χ0v) is 10.8. The van der Waals surface area contributed by atoms with E-state index >= 15 is 0 Å². The van der Waals surface area contributed by atoms with Crippen LogP contribution < -0.4 is 0 Å². The molecule has 1 saturated heterocycles. The van der Waals surface area contributed by atoms with Crippen molar-refractivity contribution in [3.8, 4) is 0 Å². The second-order valence-electron chi connectivity index (χ2n) is 5.38. The van der Waals surface area contributed by atoms with E-state index in [-0.39, 0.29) is 18.3 Å². The highest BCUT2D eigenvalue weighted by Gasteiger charge is 2.31. The molecule has 1 unspecified atom stereocenters. The molecule has 1 aromatic rings. The Morgan fingerprint density at radius 2 is 2.12 bits per heavy atom. The van der Waals surface area contributed by atoms with Crippen molar-refractivity contribution in [2.45, 2.75) is 45.6 Å². The summed E-state index contributed by atoms with van der Waals surface area (Å²) in [7, 11) is 0.